The van der Waals surface area contributed by atoms with Crippen molar-refractivity contribution in [1.82, 2.24) is 14.9 Å². The molecule has 1 atom stereocenters. The lowest BCUT2D eigenvalue weighted by molar-refractivity contribution is 0.223. The fourth-order valence-electron chi connectivity index (χ4n) is 4.42. The number of halogens is 1. The van der Waals surface area contributed by atoms with Gasteiger partial charge in [0.15, 0.2) is 0 Å². The van der Waals surface area contributed by atoms with Crippen LogP contribution in [0.2, 0.25) is 0 Å². The van der Waals surface area contributed by atoms with Gasteiger partial charge in [-0.25, -0.2) is 9.97 Å². The first kappa shape index (κ1) is 19.8. The largest absolute Gasteiger partial charge is 0.325 e. The van der Waals surface area contributed by atoms with E-state index in [-0.39, 0.29) is 0 Å². The Bertz CT molecular complexity index is 875. The van der Waals surface area contributed by atoms with E-state index in [1.54, 1.807) is 0 Å². The molecular weight excluding hydrogens is 412 g/mol. The van der Waals surface area contributed by atoms with Gasteiger partial charge in [0.1, 0.15) is 11.6 Å². The summed E-state index contributed by atoms with van der Waals surface area (Å²) >= 11 is 3.81. The van der Waals surface area contributed by atoms with Gasteiger partial charge in [-0.2, -0.15) is 0 Å². The van der Waals surface area contributed by atoms with Gasteiger partial charge in [0.25, 0.3) is 0 Å². The van der Waals surface area contributed by atoms with E-state index in [0.29, 0.717) is 12.0 Å². The van der Waals surface area contributed by atoms with Crippen molar-refractivity contribution in [2.75, 3.05) is 18.5 Å². The molecule has 0 spiro atoms. The lowest BCUT2D eigenvalue weighted by Gasteiger charge is -2.28. The standard InChI is InChI=1S/C23H31BrN4/c1-6-20(27(5)17-8-9-17)22-18-11-12-28(23(18)26-15(4)25-22)21-10-7-16(14(2)3)13-19(21)24/h7,10,13-14,17,20H,6,8-9,11-12H2,1-5H3. The Hall–Kier alpha value is -1.46. The van der Waals surface area contributed by atoms with E-state index >= 15 is 0 Å². The Morgan fingerprint density at radius 2 is 2.00 bits per heavy atom. The zero-order valence-corrected chi connectivity index (χ0v) is 19.3. The minimum atomic E-state index is 0.384. The maximum absolute atomic E-state index is 4.94. The first-order valence-corrected chi connectivity index (χ1v) is 11.4. The van der Waals surface area contributed by atoms with Gasteiger partial charge in [-0.05, 0) is 79.2 Å². The summed E-state index contributed by atoms with van der Waals surface area (Å²) in [4.78, 5) is 14.7. The van der Waals surface area contributed by atoms with Crippen LogP contribution < -0.4 is 4.90 Å². The molecule has 2 heterocycles. The highest BCUT2D eigenvalue weighted by molar-refractivity contribution is 9.10. The Kier molecular flexibility index (Phi) is 5.49. The molecule has 2 aliphatic rings. The molecule has 0 saturated heterocycles. The van der Waals surface area contributed by atoms with E-state index in [4.69, 9.17) is 9.97 Å². The minimum absolute atomic E-state index is 0.384. The number of rotatable bonds is 6. The molecule has 1 aromatic carbocycles. The molecule has 0 N–H and O–H groups in total. The highest BCUT2D eigenvalue weighted by Crippen LogP contribution is 2.42. The summed E-state index contributed by atoms with van der Waals surface area (Å²) in [6.07, 6.45) is 4.74. The smallest absolute Gasteiger partial charge is 0.140 e. The summed E-state index contributed by atoms with van der Waals surface area (Å²) in [5.74, 6) is 2.50. The van der Waals surface area contributed by atoms with Crippen molar-refractivity contribution in [2.24, 2.45) is 0 Å². The second-order valence-electron chi connectivity index (χ2n) is 8.55. The van der Waals surface area contributed by atoms with Gasteiger partial charge in [-0.3, -0.25) is 4.90 Å². The highest BCUT2D eigenvalue weighted by atomic mass is 79.9. The normalized spacial score (nSPS) is 17.5. The minimum Gasteiger partial charge on any atom is -0.325 e. The van der Waals surface area contributed by atoms with E-state index in [1.165, 1.54) is 35.3 Å². The molecule has 2 aromatic rings. The van der Waals surface area contributed by atoms with Crippen LogP contribution in [0, 0.1) is 6.92 Å². The summed E-state index contributed by atoms with van der Waals surface area (Å²) < 4.78 is 1.14. The lowest BCUT2D eigenvalue weighted by atomic mass is 10.0. The average molecular weight is 443 g/mol. The maximum atomic E-state index is 4.94. The maximum Gasteiger partial charge on any atom is 0.140 e. The van der Waals surface area contributed by atoms with Crippen molar-refractivity contribution >= 4 is 27.4 Å². The van der Waals surface area contributed by atoms with Crippen LogP contribution in [-0.4, -0.2) is 34.5 Å². The molecule has 1 aromatic heterocycles. The summed E-state index contributed by atoms with van der Waals surface area (Å²) in [6, 6.07) is 7.84. The third-order valence-corrected chi connectivity index (χ3v) is 6.85. The Labute approximate surface area is 177 Å². The van der Waals surface area contributed by atoms with E-state index in [1.807, 2.05) is 6.92 Å². The van der Waals surface area contributed by atoms with Crippen LogP contribution in [0.25, 0.3) is 0 Å². The number of fused-ring (bicyclic) bond motifs is 1. The summed E-state index contributed by atoms with van der Waals surface area (Å²) in [5, 5.41) is 0. The number of hydrogen-bond donors (Lipinski definition) is 0. The van der Waals surface area contributed by atoms with Crippen molar-refractivity contribution in [3.05, 3.63) is 45.3 Å². The summed E-state index contributed by atoms with van der Waals surface area (Å²) in [5.41, 5.74) is 5.14. The monoisotopic (exact) mass is 442 g/mol. The molecule has 4 rings (SSSR count). The summed E-state index contributed by atoms with van der Waals surface area (Å²) in [6.45, 7) is 9.74. The number of benzene rings is 1. The van der Waals surface area contributed by atoms with Crippen LogP contribution in [0.1, 0.15) is 74.6 Å². The summed E-state index contributed by atoms with van der Waals surface area (Å²) in [7, 11) is 2.27. The topological polar surface area (TPSA) is 32.3 Å². The van der Waals surface area contributed by atoms with E-state index < -0.39 is 0 Å². The zero-order valence-electron chi connectivity index (χ0n) is 17.7. The van der Waals surface area contributed by atoms with E-state index in [0.717, 1.165) is 41.5 Å². The third-order valence-electron chi connectivity index (χ3n) is 6.22. The predicted octanol–water partition coefficient (Wildman–Crippen LogP) is 5.91. The molecule has 1 aliphatic carbocycles. The molecule has 150 valence electrons. The van der Waals surface area contributed by atoms with Crippen LogP contribution in [0.5, 0.6) is 0 Å². The molecular formula is C23H31BrN4. The lowest BCUT2D eigenvalue weighted by Crippen LogP contribution is -2.28. The molecule has 0 radical (unpaired) electrons. The number of nitrogens with zero attached hydrogens (tertiary/aromatic N) is 4. The molecule has 1 aliphatic heterocycles. The molecule has 0 amide bonds. The Morgan fingerprint density at radius 1 is 1.25 bits per heavy atom. The highest BCUT2D eigenvalue weighted by Gasteiger charge is 2.35. The number of aromatic nitrogens is 2. The van der Waals surface area contributed by atoms with Gasteiger partial charge in [-0.15, -0.1) is 0 Å². The van der Waals surface area contributed by atoms with Crippen molar-refractivity contribution in [3.8, 4) is 0 Å². The Morgan fingerprint density at radius 3 is 2.61 bits per heavy atom. The van der Waals surface area contributed by atoms with Crippen molar-refractivity contribution in [1.29, 1.82) is 0 Å². The second-order valence-corrected chi connectivity index (χ2v) is 9.40. The molecule has 1 saturated carbocycles. The van der Waals surface area contributed by atoms with Crippen molar-refractivity contribution in [3.63, 3.8) is 0 Å². The number of aryl methyl sites for hydroxylation is 1. The van der Waals surface area contributed by atoms with Crippen molar-refractivity contribution < 1.29 is 0 Å². The second kappa shape index (κ2) is 7.75. The fourth-order valence-corrected chi connectivity index (χ4v) is 5.03. The zero-order chi connectivity index (χ0) is 20.0. The van der Waals surface area contributed by atoms with Crippen LogP contribution in [0.4, 0.5) is 11.5 Å². The molecule has 5 heteroatoms. The van der Waals surface area contributed by atoms with Crippen LogP contribution in [-0.2, 0) is 6.42 Å². The average Bonchev–Trinajstić information content (AvgIpc) is 3.43. The van der Waals surface area contributed by atoms with Gasteiger partial charge < -0.3 is 4.90 Å². The van der Waals surface area contributed by atoms with Gasteiger partial charge in [0, 0.05) is 22.6 Å². The third kappa shape index (κ3) is 3.59. The number of hydrogen-bond acceptors (Lipinski definition) is 4. The molecule has 0 bridgehead atoms. The van der Waals surface area contributed by atoms with E-state index in [9.17, 15) is 0 Å². The molecule has 1 unspecified atom stereocenters. The van der Waals surface area contributed by atoms with Crippen molar-refractivity contribution in [2.45, 2.75) is 71.4 Å². The quantitative estimate of drug-likeness (QED) is 0.556. The first-order valence-electron chi connectivity index (χ1n) is 10.6. The predicted molar refractivity (Wildman–Crippen MR) is 120 cm³/mol. The Balaban J connectivity index is 1.73. The van der Waals surface area contributed by atoms with Gasteiger partial charge in [-0.1, -0.05) is 26.8 Å². The van der Waals surface area contributed by atoms with Gasteiger partial charge in [0.05, 0.1) is 17.4 Å². The van der Waals surface area contributed by atoms with Crippen LogP contribution >= 0.6 is 15.9 Å². The number of anilines is 2. The van der Waals surface area contributed by atoms with Crippen LogP contribution in [0.15, 0.2) is 22.7 Å². The first-order chi connectivity index (χ1) is 13.4. The van der Waals surface area contributed by atoms with Gasteiger partial charge in [0.2, 0.25) is 0 Å². The molecule has 28 heavy (non-hydrogen) atoms. The van der Waals surface area contributed by atoms with E-state index in [2.05, 4.69) is 71.7 Å². The van der Waals surface area contributed by atoms with Crippen LogP contribution in [0.3, 0.4) is 0 Å². The SMILES string of the molecule is CCC(c1nc(C)nc2c1CCN2c1ccc(C(C)C)cc1Br)N(C)C1CC1. The van der Waals surface area contributed by atoms with Gasteiger partial charge >= 0.3 is 0 Å². The fraction of sp³-hybridized carbons (Fsp3) is 0.565. The molecule has 4 nitrogen and oxygen atoms in total. The molecule has 1 fully saturated rings.